The third kappa shape index (κ3) is 3.09. The topological polar surface area (TPSA) is 28.2 Å². The van der Waals surface area contributed by atoms with E-state index in [4.69, 9.17) is 0 Å². The van der Waals surface area contributed by atoms with Crippen molar-refractivity contribution in [3.8, 4) is 0 Å². The van der Waals surface area contributed by atoms with Crippen LogP contribution in [0.5, 0.6) is 0 Å². The molecular formula is C15H23N3. The van der Waals surface area contributed by atoms with Crippen molar-refractivity contribution in [2.45, 2.75) is 38.8 Å². The molecule has 1 saturated heterocycles. The first-order chi connectivity index (χ1) is 8.81. The summed E-state index contributed by atoms with van der Waals surface area (Å²) >= 11 is 0. The van der Waals surface area contributed by atoms with Gasteiger partial charge in [0.25, 0.3) is 0 Å². The number of hydrogen-bond acceptors (Lipinski definition) is 3. The molecular weight excluding hydrogens is 222 g/mol. The van der Waals surface area contributed by atoms with Crippen LogP contribution in [0.15, 0.2) is 18.2 Å². The Kier molecular flexibility index (Phi) is 3.62. The zero-order valence-corrected chi connectivity index (χ0v) is 11.2. The Balaban J connectivity index is 1.39. The molecule has 0 amide bonds. The van der Waals surface area contributed by atoms with E-state index in [1.807, 2.05) is 13.0 Å². The highest BCUT2D eigenvalue weighted by Crippen LogP contribution is 2.31. The lowest BCUT2D eigenvalue weighted by atomic mass is 10.1. The van der Waals surface area contributed by atoms with Crippen molar-refractivity contribution in [1.82, 2.24) is 15.2 Å². The molecule has 0 radical (unpaired) electrons. The van der Waals surface area contributed by atoms with Gasteiger partial charge in [-0.3, -0.25) is 4.98 Å². The van der Waals surface area contributed by atoms with Crippen LogP contribution in [0.25, 0.3) is 0 Å². The molecule has 2 heterocycles. The van der Waals surface area contributed by atoms with Crippen molar-refractivity contribution in [3.63, 3.8) is 0 Å². The quantitative estimate of drug-likeness (QED) is 0.859. The molecule has 0 bridgehead atoms. The predicted octanol–water partition coefficient (Wildman–Crippen LogP) is 1.96. The van der Waals surface area contributed by atoms with Crippen LogP contribution in [-0.4, -0.2) is 35.6 Å². The number of aromatic nitrogens is 1. The summed E-state index contributed by atoms with van der Waals surface area (Å²) in [5.74, 6) is 0.843. The van der Waals surface area contributed by atoms with Crippen molar-refractivity contribution in [1.29, 1.82) is 0 Å². The lowest BCUT2D eigenvalue weighted by Crippen LogP contribution is -2.27. The molecule has 3 rings (SSSR count). The van der Waals surface area contributed by atoms with Gasteiger partial charge >= 0.3 is 0 Å². The highest BCUT2D eigenvalue weighted by Gasteiger charge is 2.33. The molecule has 1 atom stereocenters. The van der Waals surface area contributed by atoms with E-state index in [1.54, 1.807) is 0 Å². The molecule has 1 aliphatic carbocycles. The van der Waals surface area contributed by atoms with Crippen LogP contribution in [0.4, 0.5) is 0 Å². The van der Waals surface area contributed by atoms with Gasteiger partial charge in [-0.2, -0.15) is 0 Å². The summed E-state index contributed by atoms with van der Waals surface area (Å²) in [7, 11) is 0. The van der Waals surface area contributed by atoms with Gasteiger partial charge in [-0.1, -0.05) is 6.07 Å². The standard InChI is InChI=1S/C15H23N3/c1-12-3-2-4-14(17-12)10-16-9-13-7-8-18(11-13)15-5-6-15/h2-4,13,15-16H,5-11H2,1H3. The molecule has 3 nitrogen and oxygen atoms in total. The Labute approximate surface area is 110 Å². The van der Waals surface area contributed by atoms with E-state index in [0.717, 1.165) is 36.4 Å². The number of nitrogens with zero attached hydrogens (tertiary/aromatic N) is 2. The van der Waals surface area contributed by atoms with Crippen molar-refractivity contribution in [2.24, 2.45) is 5.92 Å². The number of pyridine rings is 1. The highest BCUT2D eigenvalue weighted by molar-refractivity contribution is 5.09. The van der Waals surface area contributed by atoms with Crippen LogP contribution in [0, 0.1) is 12.8 Å². The molecule has 3 heteroatoms. The monoisotopic (exact) mass is 245 g/mol. The maximum Gasteiger partial charge on any atom is 0.0544 e. The van der Waals surface area contributed by atoms with E-state index in [2.05, 4.69) is 27.3 Å². The van der Waals surface area contributed by atoms with Crippen LogP contribution >= 0.6 is 0 Å². The van der Waals surface area contributed by atoms with Gasteiger partial charge in [0.1, 0.15) is 0 Å². The minimum atomic E-state index is 0.843. The Hall–Kier alpha value is -0.930. The maximum absolute atomic E-state index is 4.52. The van der Waals surface area contributed by atoms with E-state index < -0.39 is 0 Å². The van der Waals surface area contributed by atoms with E-state index in [0.29, 0.717) is 0 Å². The smallest absolute Gasteiger partial charge is 0.0544 e. The van der Waals surface area contributed by atoms with Crippen molar-refractivity contribution in [2.75, 3.05) is 19.6 Å². The summed E-state index contributed by atoms with van der Waals surface area (Å²) in [4.78, 5) is 7.20. The summed E-state index contributed by atoms with van der Waals surface area (Å²) in [6, 6.07) is 7.18. The molecule has 18 heavy (non-hydrogen) atoms. The molecule has 1 saturated carbocycles. The second-order valence-corrected chi connectivity index (χ2v) is 5.78. The fraction of sp³-hybridized carbons (Fsp3) is 0.667. The van der Waals surface area contributed by atoms with E-state index >= 15 is 0 Å². The fourth-order valence-corrected chi connectivity index (χ4v) is 2.90. The van der Waals surface area contributed by atoms with Crippen LogP contribution < -0.4 is 5.32 Å². The van der Waals surface area contributed by atoms with Gasteiger partial charge in [0.15, 0.2) is 0 Å². The molecule has 1 unspecified atom stereocenters. The molecule has 2 fully saturated rings. The van der Waals surface area contributed by atoms with Crippen LogP contribution in [0.3, 0.4) is 0 Å². The zero-order valence-electron chi connectivity index (χ0n) is 11.2. The van der Waals surface area contributed by atoms with Gasteiger partial charge < -0.3 is 10.2 Å². The van der Waals surface area contributed by atoms with E-state index in [9.17, 15) is 0 Å². The van der Waals surface area contributed by atoms with Gasteiger partial charge in [0.2, 0.25) is 0 Å². The maximum atomic E-state index is 4.52. The lowest BCUT2D eigenvalue weighted by molar-refractivity contribution is 0.311. The average Bonchev–Trinajstić information content (AvgIpc) is 3.10. The largest absolute Gasteiger partial charge is 0.311 e. The zero-order chi connectivity index (χ0) is 12.4. The van der Waals surface area contributed by atoms with Crippen molar-refractivity contribution in [3.05, 3.63) is 29.6 Å². The van der Waals surface area contributed by atoms with Crippen molar-refractivity contribution < 1.29 is 0 Å². The molecule has 98 valence electrons. The molecule has 1 aliphatic heterocycles. The minimum absolute atomic E-state index is 0.843. The third-order valence-corrected chi connectivity index (χ3v) is 4.07. The number of hydrogen-bond donors (Lipinski definition) is 1. The number of aryl methyl sites for hydroxylation is 1. The lowest BCUT2D eigenvalue weighted by Gasteiger charge is -2.15. The number of rotatable bonds is 5. The molecule has 1 aromatic heterocycles. The van der Waals surface area contributed by atoms with E-state index in [1.165, 1.54) is 32.4 Å². The fourth-order valence-electron chi connectivity index (χ4n) is 2.90. The molecule has 2 aliphatic rings. The van der Waals surface area contributed by atoms with Crippen LogP contribution in [0.2, 0.25) is 0 Å². The summed E-state index contributed by atoms with van der Waals surface area (Å²) in [5.41, 5.74) is 2.27. The van der Waals surface area contributed by atoms with E-state index in [-0.39, 0.29) is 0 Å². The molecule has 1 N–H and O–H groups in total. The minimum Gasteiger partial charge on any atom is -0.311 e. The summed E-state index contributed by atoms with van der Waals surface area (Å²) in [5, 5.41) is 3.56. The summed E-state index contributed by atoms with van der Waals surface area (Å²) in [6.07, 6.45) is 4.24. The normalized spacial score (nSPS) is 24.6. The SMILES string of the molecule is Cc1cccc(CNCC2CCN(C3CC3)C2)n1. The van der Waals surface area contributed by atoms with Crippen LogP contribution in [0.1, 0.15) is 30.7 Å². The molecule has 0 aromatic carbocycles. The predicted molar refractivity (Wildman–Crippen MR) is 73.4 cm³/mol. The van der Waals surface area contributed by atoms with Gasteiger partial charge in [0.05, 0.1) is 5.69 Å². The second-order valence-electron chi connectivity index (χ2n) is 5.78. The second kappa shape index (κ2) is 5.37. The summed E-state index contributed by atoms with van der Waals surface area (Å²) in [6.45, 7) is 6.72. The van der Waals surface area contributed by atoms with Gasteiger partial charge in [-0.15, -0.1) is 0 Å². The Morgan fingerprint density at radius 1 is 1.33 bits per heavy atom. The van der Waals surface area contributed by atoms with Gasteiger partial charge in [-0.05, 0) is 57.3 Å². The Morgan fingerprint density at radius 3 is 3.00 bits per heavy atom. The first kappa shape index (κ1) is 12.1. The van der Waals surface area contributed by atoms with Gasteiger partial charge in [0, 0.05) is 24.8 Å². The van der Waals surface area contributed by atoms with Crippen LogP contribution in [-0.2, 0) is 6.54 Å². The first-order valence-corrected chi connectivity index (χ1v) is 7.18. The number of nitrogens with one attached hydrogen (secondary N) is 1. The third-order valence-electron chi connectivity index (χ3n) is 4.07. The highest BCUT2D eigenvalue weighted by atomic mass is 15.2. The Bertz CT molecular complexity index is 400. The molecule has 0 spiro atoms. The Morgan fingerprint density at radius 2 is 2.22 bits per heavy atom. The first-order valence-electron chi connectivity index (χ1n) is 7.18. The molecule has 1 aromatic rings. The summed E-state index contributed by atoms with van der Waals surface area (Å²) < 4.78 is 0. The number of likely N-dealkylation sites (tertiary alicyclic amines) is 1. The van der Waals surface area contributed by atoms with Gasteiger partial charge in [-0.25, -0.2) is 0 Å². The average molecular weight is 245 g/mol. The van der Waals surface area contributed by atoms with Crippen molar-refractivity contribution >= 4 is 0 Å².